The fraction of sp³-hybridized carbons (Fsp3) is 0.360. The van der Waals surface area contributed by atoms with Crippen molar-refractivity contribution < 1.29 is 9.53 Å². The number of carbonyl (C=O) groups excluding carboxylic acids is 1. The Bertz CT molecular complexity index is 1410. The van der Waals surface area contributed by atoms with Crippen LogP contribution in [0.3, 0.4) is 0 Å². The van der Waals surface area contributed by atoms with E-state index in [1.807, 2.05) is 12.1 Å². The summed E-state index contributed by atoms with van der Waals surface area (Å²) in [5.74, 6) is 0.775. The van der Waals surface area contributed by atoms with Crippen LogP contribution >= 0.6 is 0 Å². The van der Waals surface area contributed by atoms with Gasteiger partial charge in [0, 0.05) is 37.2 Å². The number of aryl methyl sites for hydroxylation is 2. The topological polar surface area (TPSA) is 115 Å². The first kappa shape index (κ1) is 20.9. The van der Waals surface area contributed by atoms with Gasteiger partial charge in [-0.15, -0.1) is 0 Å². The van der Waals surface area contributed by atoms with Gasteiger partial charge in [-0.05, 0) is 43.0 Å². The van der Waals surface area contributed by atoms with Crippen LogP contribution in [0.1, 0.15) is 40.5 Å². The second kappa shape index (κ2) is 7.95. The van der Waals surface area contributed by atoms with Gasteiger partial charge >= 0.3 is 0 Å². The minimum Gasteiger partial charge on any atom is -0.378 e. The molecule has 6 rings (SSSR count). The Balaban J connectivity index is 1.52. The van der Waals surface area contributed by atoms with E-state index in [9.17, 15) is 4.79 Å². The van der Waals surface area contributed by atoms with Crippen LogP contribution in [-0.2, 0) is 11.8 Å². The Kier molecular flexibility index (Phi) is 4.88. The predicted octanol–water partition coefficient (Wildman–Crippen LogP) is 3.15. The molecule has 0 atom stereocenters. The molecule has 0 unspecified atom stereocenters. The molecule has 4 aromatic rings. The molecule has 1 saturated heterocycles. The average Bonchev–Trinajstić information content (AvgIpc) is 3.47. The molecule has 0 bridgehead atoms. The third kappa shape index (κ3) is 3.43. The van der Waals surface area contributed by atoms with Crippen molar-refractivity contribution in [3.05, 3.63) is 47.5 Å². The van der Waals surface area contributed by atoms with Gasteiger partial charge in [0.05, 0.1) is 36.4 Å². The van der Waals surface area contributed by atoms with E-state index in [2.05, 4.69) is 39.0 Å². The molecule has 0 spiro atoms. The summed E-state index contributed by atoms with van der Waals surface area (Å²) in [6, 6.07) is 8.27. The largest absolute Gasteiger partial charge is 0.378 e. The number of rotatable bonds is 5. The van der Waals surface area contributed by atoms with Crippen LogP contribution in [0, 0.1) is 6.92 Å². The van der Waals surface area contributed by atoms with E-state index in [1.54, 1.807) is 18.1 Å². The lowest BCUT2D eigenvalue weighted by Crippen LogP contribution is -2.37. The van der Waals surface area contributed by atoms with E-state index < -0.39 is 5.91 Å². The predicted molar refractivity (Wildman–Crippen MR) is 130 cm³/mol. The maximum atomic E-state index is 12.4. The molecule has 3 N–H and O–H groups in total. The van der Waals surface area contributed by atoms with Crippen LogP contribution in [0.4, 0.5) is 5.82 Å². The minimum atomic E-state index is -0.467. The minimum absolute atomic E-state index is 0.381. The van der Waals surface area contributed by atoms with E-state index in [4.69, 9.17) is 15.5 Å². The summed E-state index contributed by atoms with van der Waals surface area (Å²) in [6.45, 7) is 4.98. The summed E-state index contributed by atoms with van der Waals surface area (Å²) in [7, 11) is 1.78. The first-order valence-corrected chi connectivity index (χ1v) is 11.7. The zero-order valence-corrected chi connectivity index (χ0v) is 19.3. The molecule has 0 radical (unpaired) electrons. The van der Waals surface area contributed by atoms with E-state index in [0.29, 0.717) is 24.8 Å². The first-order chi connectivity index (χ1) is 16.5. The lowest BCUT2D eigenvalue weighted by molar-refractivity contribution is 0.0992. The number of nitrogens with zero attached hydrogens (tertiary/aromatic N) is 5. The zero-order valence-electron chi connectivity index (χ0n) is 19.3. The Morgan fingerprint density at radius 1 is 1.21 bits per heavy atom. The van der Waals surface area contributed by atoms with Crippen molar-refractivity contribution in [3.63, 3.8) is 0 Å². The molecule has 1 amide bonds. The highest BCUT2D eigenvalue weighted by molar-refractivity contribution is 5.99. The van der Waals surface area contributed by atoms with Crippen molar-refractivity contribution in [2.75, 3.05) is 31.2 Å². The number of morpholine rings is 1. The van der Waals surface area contributed by atoms with Gasteiger partial charge in [-0.3, -0.25) is 9.48 Å². The first-order valence-electron chi connectivity index (χ1n) is 11.7. The summed E-state index contributed by atoms with van der Waals surface area (Å²) in [5.41, 5.74) is 13.7. The highest BCUT2D eigenvalue weighted by Crippen LogP contribution is 2.45. The number of amides is 1. The third-order valence-electron chi connectivity index (χ3n) is 6.77. The molecule has 9 heteroatoms. The van der Waals surface area contributed by atoms with Crippen LogP contribution in [0.15, 0.2) is 30.6 Å². The number of H-pyrrole nitrogens is 1. The van der Waals surface area contributed by atoms with Crippen molar-refractivity contribution in [2.45, 2.75) is 25.7 Å². The smallest absolute Gasteiger partial charge is 0.267 e. The maximum Gasteiger partial charge on any atom is 0.267 e. The number of aromatic amines is 1. The number of nitrogens with two attached hydrogens (primary N) is 1. The summed E-state index contributed by atoms with van der Waals surface area (Å²) in [5, 5.41) is 4.67. The van der Waals surface area contributed by atoms with Crippen LogP contribution in [0.2, 0.25) is 0 Å². The Morgan fingerprint density at radius 2 is 2.00 bits per heavy atom. The molecular formula is C25H27N7O2. The molecule has 174 valence electrons. The Hall–Kier alpha value is -3.72. The molecule has 1 aliphatic carbocycles. The maximum absolute atomic E-state index is 12.4. The van der Waals surface area contributed by atoms with Crippen molar-refractivity contribution in [3.8, 4) is 22.4 Å². The molecule has 34 heavy (non-hydrogen) atoms. The number of imidazole rings is 1. The fourth-order valence-electron chi connectivity index (χ4n) is 4.87. The van der Waals surface area contributed by atoms with Gasteiger partial charge in [0.1, 0.15) is 11.2 Å². The number of anilines is 1. The summed E-state index contributed by atoms with van der Waals surface area (Å²) < 4.78 is 7.16. The number of ether oxygens (including phenoxy) is 1. The number of pyridine rings is 1. The zero-order chi connectivity index (χ0) is 23.4. The second-order valence-corrected chi connectivity index (χ2v) is 9.13. The van der Waals surface area contributed by atoms with Gasteiger partial charge in [0.25, 0.3) is 5.91 Å². The molecule has 1 saturated carbocycles. The highest BCUT2D eigenvalue weighted by Gasteiger charge is 2.33. The van der Waals surface area contributed by atoms with Crippen LogP contribution in [0.25, 0.3) is 33.4 Å². The van der Waals surface area contributed by atoms with Crippen molar-refractivity contribution in [2.24, 2.45) is 12.8 Å². The number of fused-ring (bicyclic) bond motifs is 1. The molecule has 1 aromatic carbocycles. The van der Waals surface area contributed by atoms with Crippen molar-refractivity contribution in [1.29, 1.82) is 0 Å². The van der Waals surface area contributed by atoms with Gasteiger partial charge < -0.3 is 20.4 Å². The lowest BCUT2D eigenvalue weighted by atomic mass is 9.95. The van der Waals surface area contributed by atoms with E-state index >= 15 is 0 Å². The van der Waals surface area contributed by atoms with Crippen LogP contribution in [0.5, 0.6) is 0 Å². The third-order valence-corrected chi connectivity index (χ3v) is 6.77. The number of carbonyl (C=O) groups is 1. The molecular weight excluding hydrogens is 430 g/mol. The Morgan fingerprint density at radius 3 is 2.74 bits per heavy atom. The van der Waals surface area contributed by atoms with Gasteiger partial charge in [-0.25, -0.2) is 9.97 Å². The van der Waals surface area contributed by atoms with E-state index in [0.717, 1.165) is 76.4 Å². The van der Waals surface area contributed by atoms with Crippen molar-refractivity contribution >= 4 is 22.8 Å². The number of aromatic nitrogens is 5. The summed E-state index contributed by atoms with van der Waals surface area (Å²) in [6.07, 6.45) is 3.88. The number of primary amides is 1. The van der Waals surface area contributed by atoms with E-state index in [1.165, 1.54) is 0 Å². The lowest BCUT2D eigenvalue weighted by Gasteiger charge is -2.28. The molecule has 4 heterocycles. The molecule has 2 aliphatic rings. The average molecular weight is 458 g/mol. The fourth-order valence-corrected chi connectivity index (χ4v) is 4.87. The monoisotopic (exact) mass is 457 g/mol. The van der Waals surface area contributed by atoms with Crippen LogP contribution < -0.4 is 10.6 Å². The SMILES string of the molecule is Cc1ccc(-c2c(C3CC3)nn(C)c2C(N)=O)cc1-c1cc2[nH]cnc2c(N2CCOCC2)n1. The standard InChI is InChI=1S/C25H27N7O2/c1-14-3-4-16(20-21(15-5-6-15)30-31(2)23(20)24(26)33)11-17(14)18-12-19-22(28-13-27-19)25(29-18)32-7-9-34-10-8-32/h3-4,11-13,15H,5-10H2,1-2H3,(H2,26,33)(H,27,28). The number of hydrogen-bond acceptors (Lipinski definition) is 6. The van der Waals surface area contributed by atoms with Gasteiger partial charge in [-0.1, -0.05) is 12.1 Å². The molecule has 3 aromatic heterocycles. The number of nitrogens with one attached hydrogen (secondary N) is 1. The molecule has 2 fully saturated rings. The second-order valence-electron chi connectivity index (χ2n) is 9.13. The molecule has 1 aliphatic heterocycles. The quantitative estimate of drug-likeness (QED) is 0.476. The Labute approximate surface area is 196 Å². The highest BCUT2D eigenvalue weighted by atomic mass is 16.5. The van der Waals surface area contributed by atoms with Crippen molar-refractivity contribution in [1.82, 2.24) is 24.7 Å². The number of benzene rings is 1. The molecule has 9 nitrogen and oxygen atoms in total. The van der Waals surface area contributed by atoms with Crippen LogP contribution in [-0.4, -0.2) is 56.9 Å². The summed E-state index contributed by atoms with van der Waals surface area (Å²) >= 11 is 0. The normalized spacial score (nSPS) is 16.4. The number of hydrogen-bond donors (Lipinski definition) is 2. The van der Waals surface area contributed by atoms with Gasteiger partial charge in [-0.2, -0.15) is 5.10 Å². The van der Waals surface area contributed by atoms with E-state index in [-0.39, 0.29) is 0 Å². The summed E-state index contributed by atoms with van der Waals surface area (Å²) in [4.78, 5) is 27.4. The van der Waals surface area contributed by atoms with Gasteiger partial charge in [0.2, 0.25) is 0 Å². The van der Waals surface area contributed by atoms with Gasteiger partial charge in [0.15, 0.2) is 5.82 Å².